The normalized spacial score (nSPS) is 26.7. The Kier molecular flexibility index (Phi) is 1.72. The molecule has 2 aliphatic rings. The zero-order chi connectivity index (χ0) is 9.42. The molecule has 0 aromatic heterocycles. The fourth-order valence-corrected chi connectivity index (χ4v) is 1.55. The summed E-state index contributed by atoms with van der Waals surface area (Å²) in [6, 6.07) is 0. The number of rotatable bonds is 0. The summed E-state index contributed by atoms with van der Waals surface area (Å²) in [4.78, 5) is 11.0. The topological polar surface area (TPSA) is 46.5 Å². The first-order chi connectivity index (χ1) is 6.16. The molecule has 1 aliphatic carbocycles. The van der Waals surface area contributed by atoms with Crippen LogP contribution in [0.25, 0.3) is 0 Å². The second-order valence-electron chi connectivity index (χ2n) is 3.25. The predicted molar refractivity (Wildman–Crippen MR) is 47.0 cm³/mol. The molecule has 13 heavy (non-hydrogen) atoms. The Morgan fingerprint density at radius 2 is 2.31 bits per heavy atom. The van der Waals surface area contributed by atoms with Crippen LogP contribution in [0.2, 0.25) is 0 Å². The Morgan fingerprint density at radius 3 is 3.08 bits per heavy atom. The summed E-state index contributed by atoms with van der Waals surface area (Å²) in [5.74, 6) is -0.0816. The van der Waals surface area contributed by atoms with E-state index in [9.17, 15) is 9.90 Å². The highest BCUT2D eigenvalue weighted by atomic mass is 16.5. The molecule has 0 aromatic carbocycles. The third-order valence-electron chi connectivity index (χ3n) is 2.22. The van der Waals surface area contributed by atoms with E-state index < -0.39 is 0 Å². The molecular formula is C10H10O3. The van der Waals surface area contributed by atoms with Crippen LogP contribution in [0, 0.1) is 0 Å². The van der Waals surface area contributed by atoms with E-state index in [1.807, 2.05) is 6.92 Å². The molecule has 0 bridgehead atoms. The lowest BCUT2D eigenvalue weighted by Gasteiger charge is -2.25. The summed E-state index contributed by atoms with van der Waals surface area (Å²) in [5.41, 5.74) is 2.00. The maximum atomic E-state index is 11.0. The van der Waals surface area contributed by atoms with Gasteiger partial charge in [-0.05, 0) is 18.6 Å². The molecule has 0 amide bonds. The maximum absolute atomic E-state index is 11.0. The molecule has 1 N–H and O–H groups in total. The molecule has 3 heteroatoms. The van der Waals surface area contributed by atoms with Crippen LogP contribution in [0.5, 0.6) is 0 Å². The monoisotopic (exact) mass is 178 g/mol. The van der Waals surface area contributed by atoms with Crippen molar-refractivity contribution in [1.29, 1.82) is 0 Å². The van der Waals surface area contributed by atoms with Crippen molar-refractivity contribution >= 4 is 5.97 Å². The quantitative estimate of drug-likeness (QED) is 0.573. The summed E-state index contributed by atoms with van der Waals surface area (Å²) in [6.45, 7) is 1.91. The lowest BCUT2D eigenvalue weighted by molar-refractivity contribution is -0.145. The lowest BCUT2D eigenvalue weighted by atomic mass is 9.95. The minimum atomic E-state index is -0.383. The molecule has 0 fully saturated rings. The van der Waals surface area contributed by atoms with Gasteiger partial charge < -0.3 is 9.84 Å². The van der Waals surface area contributed by atoms with Gasteiger partial charge in [-0.25, -0.2) is 0 Å². The minimum Gasteiger partial charge on any atom is -0.508 e. The van der Waals surface area contributed by atoms with Crippen LogP contribution in [-0.2, 0) is 9.53 Å². The van der Waals surface area contributed by atoms with Crippen molar-refractivity contribution in [3.8, 4) is 0 Å². The van der Waals surface area contributed by atoms with E-state index in [1.54, 1.807) is 12.2 Å². The summed E-state index contributed by atoms with van der Waals surface area (Å²) in [5, 5.41) is 9.18. The van der Waals surface area contributed by atoms with Gasteiger partial charge in [0.2, 0.25) is 0 Å². The number of carbonyl (C=O) groups excluding carboxylic acids is 1. The van der Waals surface area contributed by atoms with Crippen molar-refractivity contribution < 1.29 is 14.6 Å². The van der Waals surface area contributed by atoms with Gasteiger partial charge in [-0.2, -0.15) is 0 Å². The highest BCUT2D eigenvalue weighted by Crippen LogP contribution is 2.27. The average Bonchev–Trinajstić information content (AvgIpc) is 2.02. The molecule has 3 nitrogen and oxygen atoms in total. The van der Waals surface area contributed by atoms with Crippen LogP contribution < -0.4 is 0 Å². The maximum Gasteiger partial charge on any atom is 0.310 e. The smallest absolute Gasteiger partial charge is 0.310 e. The number of esters is 1. The first-order valence-corrected chi connectivity index (χ1v) is 4.15. The number of carbonyl (C=O) groups is 1. The molecule has 1 aliphatic heterocycles. The molecule has 1 heterocycles. The van der Waals surface area contributed by atoms with E-state index in [2.05, 4.69) is 0 Å². The van der Waals surface area contributed by atoms with E-state index in [0.29, 0.717) is 6.42 Å². The summed E-state index contributed by atoms with van der Waals surface area (Å²) in [7, 11) is 0. The molecular weight excluding hydrogens is 168 g/mol. The van der Waals surface area contributed by atoms with E-state index in [4.69, 9.17) is 4.74 Å². The Bertz CT molecular complexity index is 347. The first kappa shape index (κ1) is 8.10. The Morgan fingerprint density at radius 1 is 1.54 bits per heavy atom. The number of fused-ring (bicyclic) bond motifs is 1. The SMILES string of the molecule is CC1=C2C=CC(O)=CC2OC(=O)C1. The van der Waals surface area contributed by atoms with Crippen molar-refractivity contribution in [3.63, 3.8) is 0 Å². The van der Waals surface area contributed by atoms with Crippen molar-refractivity contribution in [2.45, 2.75) is 19.4 Å². The number of aliphatic hydroxyl groups is 1. The fraction of sp³-hybridized carbons (Fsp3) is 0.300. The van der Waals surface area contributed by atoms with Gasteiger partial charge in [-0.15, -0.1) is 0 Å². The van der Waals surface area contributed by atoms with Gasteiger partial charge in [0.1, 0.15) is 11.9 Å². The van der Waals surface area contributed by atoms with Crippen molar-refractivity contribution in [2.24, 2.45) is 0 Å². The zero-order valence-electron chi connectivity index (χ0n) is 7.28. The van der Waals surface area contributed by atoms with Crippen molar-refractivity contribution in [2.75, 3.05) is 0 Å². The van der Waals surface area contributed by atoms with Crippen molar-refractivity contribution in [3.05, 3.63) is 35.1 Å². The van der Waals surface area contributed by atoms with E-state index in [0.717, 1.165) is 11.1 Å². The first-order valence-electron chi connectivity index (χ1n) is 4.15. The average molecular weight is 178 g/mol. The van der Waals surface area contributed by atoms with Gasteiger partial charge in [0.05, 0.1) is 6.42 Å². The molecule has 0 saturated heterocycles. The van der Waals surface area contributed by atoms with E-state index in [-0.39, 0.29) is 17.8 Å². The Balaban J connectivity index is 2.40. The van der Waals surface area contributed by atoms with Gasteiger partial charge in [0.15, 0.2) is 0 Å². The van der Waals surface area contributed by atoms with Crippen LogP contribution in [0.3, 0.4) is 0 Å². The highest BCUT2D eigenvalue weighted by Gasteiger charge is 2.26. The van der Waals surface area contributed by atoms with Crippen LogP contribution >= 0.6 is 0 Å². The molecule has 0 saturated carbocycles. The van der Waals surface area contributed by atoms with Crippen LogP contribution in [-0.4, -0.2) is 17.2 Å². The van der Waals surface area contributed by atoms with Gasteiger partial charge in [-0.3, -0.25) is 4.79 Å². The number of allylic oxidation sites excluding steroid dienone is 1. The molecule has 1 atom stereocenters. The second kappa shape index (κ2) is 2.76. The van der Waals surface area contributed by atoms with E-state index in [1.165, 1.54) is 6.08 Å². The number of hydrogen-bond acceptors (Lipinski definition) is 3. The number of aliphatic hydroxyl groups excluding tert-OH is 1. The standard InChI is InChI=1S/C10H10O3/c1-6-4-10(12)13-9-5-7(11)2-3-8(6)9/h2-3,5,9,11H,4H2,1H3. The van der Waals surface area contributed by atoms with Gasteiger partial charge in [-0.1, -0.05) is 11.6 Å². The van der Waals surface area contributed by atoms with Crippen LogP contribution in [0.15, 0.2) is 35.1 Å². The van der Waals surface area contributed by atoms with Gasteiger partial charge in [0, 0.05) is 6.08 Å². The molecule has 0 aromatic rings. The molecule has 68 valence electrons. The largest absolute Gasteiger partial charge is 0.508 e. The van der Waals surface area contributed by atoms with Gasteiger partial charge >= 0.3 is 5.97 Å². The Hall–Kier alpha value is -1.51. The fourth-order valence-electron chi connectivity index (χ4n) is 1.55. The lowest BCUT2D eigenvalue weighted by Crippen LogP contribution is -2.25. The minimum absolute atomic E-state index is 0.149. The molecule has 0 spiro atoms. The van der Waals surface area contributed by atoms with Crippen molar-refractivity contribution in [1.82, 2.24) is 0 Å². The molecule has 2 rings (SSSR count). The Labute approximate surface area is 76.0 Å². The second-order valence-corrected chi connectivity index (χ2v) is 3.25. The summed E-state index contributed by atoms with van der Waals surface area (Å²) in [6.07, 6.45) is 4.91. The number of hydrogen-bond donors (Lipinski definition) is 1. The van der Waals surface area contributed by atoms with E-state index >= 15 is 0 Å². The molecule has 0 radical (unpaired) electrons. The highest BCUT2D eigenvalue weighted by molar-refractivity contribution is 5.76. The van der Waals surface area contributed by atoms with Gasteiger partial charge in [0.25, 0.3) is 0 Å². The predicted octanol–water partition coefficient (Wildman–Crippen LogP) is 1.63. The number of ether oxygens (including phenoxy) is 1. The third kappa shape index (κ3) is 1.37. The zero-order valence-corrected chi connectivity index (χ0v) is 7.28. The summed E-state index contributed by atoms with van der Waals surface area (Å²) >= 11 is 0. The summed E-state index contributed by atoms with van der Waals surface area (Å²) < 4.78 is 5.05. The molecule has 1 unspecified atom stereocenters. The van der Waals surface area contributed by atoms with Crippen LogP contribution in [0.4, 0.5) is 0 Å². The van der Waals surface area contributed by atoms with Crippen LogP contribution in [0.1, 0.15) is 13.3 Å². The third-order valence-corrected chi connectivity index (χ3v) is 2.22.